The van der Waals surface area contributed by atoms with Crippen molar-refractivity contribution in [3.63, 3.8) is 0 Å². The highest BCUT2D eigenvalue weighted by Gasteiger charge is 2.11. The SMILES string of the molecule is COc1ccc(Cc2nc3ccccc3n2CCCc2ccccc2)cc1. The molecule has 0 fully saturated rings. The van der Waals surface area contributed by atoms with E-state index < -0.39 is 0 Å². The summed E-state index contributed by atoms with van der Waals surface area (Å²) in [5.74, 6) is 2.00. The number of ether oxygens (including phenoxy) is 1. The number of methoxy groups -OCH3 is 1. The second kappa shape index (κ2) is 8.09. The lowest BCUT2D eigenvalue weighted by molar-refractivity contribution is 0.414. The van der Waals surface area contributed by atoms with E-state index in [4.69, 9.17) is 9.72 Å². The topological polar surface area (TPSA) is 27.1 Å². The first-order chi connectivity index (χ1) is 13.3. The molecule has 1 heterocycles. The van der Waals surface area contributed by atoms with Crippen molar-refractivity contribution in [3.8, 4) is 5.75 Å². The molecule has 3 heteroatoms. The second-order valence-electron chi connectivity index (χ2n) is 6.78. The summed E-state index contributed by atoms with van der Waals surface area (Å²) in [6, 6.07) is 27.4. The van der Waals surface area contributed by atoms with Crippen molar-refractivity contribution in [2.24, 2.45) is 0 Å². The molecule has 3 aromatic carbocycles. The maximum atomic E-state index is 5.27. The van der Waals surface area contributed by atoms with Crippen LogP contribution in [0.1, 0.15) is 23.4 Å². The van der Waals surface area contributed by atoms with Gasteiger partial charge >= 0.3 is 0 Å². The molecule has 136 valence electrons. The molecule has 1 aromatic heterocycles. The number of nitrogens with zero attached hydrogens (tertiary/aromatic N) is 2. The Hall–Kier alpha value is -3.07. The van der Waals surface area contributed by atoms with Crippen molar-refractivity contribution in [2.45, 2.75) is 25.8 Å². The maximum absolute atomic E-state index is 5.27. The van der Waals surface area contributed by atoms with E-state index in [1.807, 2.05) is 12.1 Å². The van der Waals surface area contributed by atoms with Gasteiger partial charge in [0.1, 0.15) is 11.6 Å². The van der Waals surface area contributed by atoms with Crippen LogP contribution in [0.3, 0.4) is 0 Å². The third-order valence-electron chi connectivity index (χ3n) is 4.94. The molecule has 0 aliphatic rings. The van der Waals surface area contributed by atoms with E-state index >= 15 is 0 Å². The first kappa shape index (κ1) is 17.3. The van der Waals surface area contributed by atoms with Crippen LogP contribution in [0.25, 0.3) is 11.0 Å². The number of aryl methyl sites for hydroxylation is 2. The van der Waals surface area contributed by atoms with Gasteiger partial charge in [0.15, 0.2) is 0 Å². The first-order valence-electron chi connectivity index (χ1n) is 9.44. The summed E-state index contributed by atoms with van der Waals surface area (Å²) in [6.45, 7) is 0.973. The summed E-state index contributed by atoms with van der Waals surface area (Å²) in [4.78, 5) is 4.91. The molecule has 0 aliphatic heterocycles. The lowest BCUT2D eigenvalue weighted by Gasteiger charge is -2.10. The molecule has 4 aromatic rings. The van der Waals surface area contributed by atoms with Crippen molar-refractivity contribution in [2.75, 3.05) is 7.11 Å². The molecule has 0 unspecified atom stereocenters. The Kier molecular flexibility index (Phi) is 5.20. The lowest BCUT2D eigenvalue weighted by Crippen LogP contribution is -2.06. The zero-order valence-electron chi connectivity index (χ0n) is 15.6. The predicted octanol–water partition coefficient (Wildman–Crippen LogP) is 5.27. The second-order valence-corrected chi connectivity index (χ2v) is 6.78. The van der Waals surface area contributed by atoms with Crippen LogP contribution in [-0.4, -0.2) is 16.7 Å². The fourth-order valence-electron chi connectivity index (χ4n) is 3.52. The number of aromatic nitrogens is 2. The molecule has 0 spiro atoms. The van der Waals surface area contributed by atoms with Gasteiger partial charge in [-0.05, 0) is 48.2 Å². The van der Waals surface area contributed by atoms with Gasteiger partial charge in [-0.1, -0.05) is 54.6 Å². The van der Waals surface area contributed by atoms with Crippen molar-refractivity contribution < 1.29 is 4.74 Å². The Labute approximate surface area is 160 Å². The highest BCUT2D eigenvalue weighted by molar-refractivity contribution is 5.76. The van der Waals surface area contributed by atoms with Gasteiger partial charge in [-0.3, -0.25) is 0 Å². The van der Waals surface area contributed by atoms with Crippen LogP contribution >= 0.6 is 0 Å². The average molecular weight is 356 g/mol. The minimum Gasteiger partial charge on any atom is -0.497 e. The summed E-state index contributed by atoms with van der Waals surface area (Å²) in [6.07, 6.45) is 3.00. The molecule has 0 bridgehead atoms. The Bertz CT molecular complexity index is 1000. The third-order valence-corrected chi connectivity index (χ3v) is 4.94. The zero-order chi connectivity index (χ0) is 18.5. The largest absolute Gasteiger partial charge is 0.497 e. The van der Waals surface area contributed by atoms with Crippen LogP contribution in [0, 0.1) is 0 Å². The van der Waals surface area contributed by atoms with Crippen molar-refractivity contribution in [1.82, 2.24) is 9.55 Å². The molecule has 0 N–H and O–H groups in total. The smallest absolute Gasteiger partial charge is 0.118 e. The van der Waals surface area contributed by atoms with Gasteiger partial charge in [0.2, 0.25) is 0 Å². The Balaban J connectivity index is 1.56. The summed E-state index contributed by atoms with van der Waals surface area (Å²) in [5.41, 5.74) is 4.92. The number of benzene rings is 3. The maximum Gasteiger partial charge on any atom is 0.118 e. The van der Waals surface area contributed by atoms with Gasteiger partial charge in [-0.15, -0.1) is 0 Å². The number of rotatable bonds is 7. The number of fused-ring (bicyclic) bond motifs is 1. The minimum atomic E-state index is 0.823. The van der Waals surface area contributed by atoms with E-state index in [0.717, 1.165) is 42.9 Å². The molecule has 0 saturated carbocycles. The summed E-state index contributed by atoms with van der Waals surface area (Å²) in [5, 5.41) is 0. The van der Waals surface area contributed by atoms with E-state index in [-0.39, 0.29) is 0 Å². The Morgan fingerprint density at radius 3 is 2.33 bits per heavy atom. The number of hydrogen-bond donors (Lipinski definition) is 0. The molecule has 27 heavy (non-hydrogen) atoms. The van der Waals surface area contributed by atoms with Gasteiger partial charge in [-0.2, -0.15) is 0 Å². The zero-order valence-corrected chi connectivity index (χ0v) is 15.6. The van der Waals surface area contributed by atoms with E-state index in [0.29, 0.717) is 0 Å². The predicted molar refractivity (Wildman–Crippen MR) is 110 cm³/mol. The van der Waals surface area contributed by atoms with Crippen LogP contribution in [0.2, 0.25) is 0 Å². The Morgan fingerprint density at radius 2 is 1.56 bits per heavy atom. The highest BCUT2D eigenvalue weighted by atomic mass is 16.5. The third kappa shape index (κ3) is 4.03. The summed E-state index contributed by atoms with van der Waals surface area (Å²) in [7, 11) is 1.70. The Morgan fingerprint density at radius 1 is 0.815 bits per heavy atom. The lowest BCUT2D eigenvalue weighted by atomic mass is 10.1. The van der Waals surface area contributed by atoms with Gasteiger partial charge in [0.25, 0.3) is 0 Å². The molecule has 0 amide bonds. The molecule has 3 nitrogen and oxygen atoms in total. The standard InChI is InChI=1S/C24H24N2O/c1-27-21-15-13-20(14-16-21)18-24-25-22-11-5-6-12-23(22)26(24)17-7-10-19-8-3-2-4-9-19/h2-6,8-9,11-16H,7,10,17-18H2,1H3. The molecule has 0 saturated heterocycles. The quantitative estimate of drug-likeness (QED) is 0.451. The highest BCUT2D eigenvalue weighted by Crippen LogP contribution is 2.21. The van der Waals surface area contributed by atoms with Gasteiger partial charge < -0.3 is 9.30 Å². The summed E-state index contributed by atoms with van der Waals surface area (Å²) < 4.78 is 7.64. The van der Waals surface area contributed by atoms with Crippen molar-refractivity contribution in [1.29, 1.82) is 0 Å². The van der Waals surface area contributed by atoms with E-state index in [2.05, 4.69) is 71.3 Å². The summed E-state index contributed by atoms with van der Waals surface area (Å²) >= 11 is 0. The van der Waals surface area contributed by atoms with Crippen molar-refractivity contribution in [3.05, 3.63) is 95.8 Å². The average Bonchev–Trinajstić information content (AvgIpc) is 3.07. The molecular formula is C24H24N2O. The van der Waals surface area contributed by atoms with E-state index in [1.54, 1.807) is 7.11 Å². The molecular weight excluding hydrogens is 332 g/mol. The van der Waals surface area contributed by atoms with Crippen LogP contribution in [-0.2, 0) is 19.4 Å². The van der Waals surface area contributed by atoms with Crippen LogP contribution in [0.5, 0.6) is 5.75 Å². The van der Waals surface area contributed by atoms with Gasteiger partial charge in [-0.25, -0.2) is 4.98 Å². The number of imidazole rings is 1. The molecule has 4 rings (SSSR count). The first-order valence-corrected chi connectivity index (χ1v) is 9.44. The molecule has 0 aliphatic carbocycles. The normalized spacial score (nSPS) is 11.0. The fraction of sp³-hybridized carbons (Fsp3) is 0.208. The van der Waals surface area contributed by atoms with Crippen LogP contribution in [0.4, 0.5) is 0 Å². The van der Waals surface area contributed by atoms with Crippen molar-refractivity contribution >= 4 is 11.0 Å². The van der Waals surface area contributed by atoms with Crippen LogP contribution < -0.4 is 4.74 Å². The fourth-order valence-corrected chi connectivity index (χ4v) is 3.52. The minimum absolute atomic E-state index is 0.823. The molecule has 0 radical (unpaired) electrons. The van der Waals surface area contributed by atoms with Gasteiger partial charge in [0, 0.05) is 13.0 Å². The number of para-hydroxylation sites is 2. The molecule has 0 atom stereocenters. The van der Waals surface area contributed by atoms with E-state index in [1.165, 1.54) is 16.6 Å². The van der Waals surface area contributed by atoms with E-state index in [9.17, 15) is 0 Å². The van der Waals surface area contributed by atoms with Gasteiger partial charge in [0.05, 0.1) is 18.1 Å². The van der Waals surface area contributed by atoms with Crippen LogP contribution in [0.15, 0.2) is 78.9 Å². The monoisotopic (exact) mass is 356 g/mol. The number of hydrogen-bond acceptors (Lipinski definition) is 2.